The van der Waals surface area contributed by atoms with Crippen LogP contribution in [0.3, 0.4) is 0 Å². The van der Waals surface area contributed by atoms with Crippen LogP contribution in [0.5, 0.6) is 0 Å². The van der Waals surface area contributed by atoms with Gasteiger partial charge in [0.25, 0.3) is 5.91 Å². The van der Waals surface area contributed by atoms with E-state index in [-0.39, 0.29) is 11.5 Å². The van der Waals surface area contributed by atoms with Crippen LogP contribution in [-0.2, 0) is 6.18 Å². The number of hydrogen-bond acceptors (Lipinski definition) is 4. The maximum absolute atomic E-state index is 13.2. The Morgan fingerprint density at radius 3 is 2.37 bits per heavy atom. The highest BCUT2D eigenvalue weighted by atomic mass is 19.4. The first-order chi connectivity index (χ1) is 16.7. The summed E-state index contributed by atoms with van der Waals surface area (Å²) in [5.41, 5.74) is 2.69. The van der Waals surface area contributed by atoms with Crippen molar-refractivity contribution in [2.24, 2.45) is 0 Å². The van der Waals surface area contributed by atoms with Gasteiger partial charge in [-0.3, -0.25) is 9.36 Å². The highest BCUT2D eigenvalue weighted by molar-refractivity contribution is 6.04. The van der Waals surface area contributed by atoms with Gasteiger partial charge in [-0.25, -0.2) is 9.97 Å². The van der Waals surface area contributed by atoms with Gasteiger partial charge in [-0.05, 0) is 62.6 Å². The number of aromatic nitrogens is 3. The molecule has 1 aliphatic heterocycles. The molecular weight excluding hydrogens is 455 g/mol. The van der Waals surface area contributed by atoms with E-state index in [0.29, 0.717) is 11.5 Å². The Labute approximate surface area is 200 Å². The largest absolute Gasteiger partial charge is 0.416 e. The van der Waals surface area contributed by atoms with Crippen LogP contribution >= 0.6 is 0 Å². The van der Waals surface area contributed by atoms with Crippen LogP contribution in [0.1, 0.15) is 40.3 Å². The summed E-state index contributed by atoms with van der Waals surface area (Å²) in [6.07, 6.45) is -2.46. The molecular formula is C26H24F3N5O. The third-order valence-corrected chi connectivity index (χ3v) is 6.41. The summed E-state index contributed by atoms with van der Waals surface area (Å²) in [7, 11) is 0. The number of amides is 1. The van der Waals surface area contributed by atoms with E-state index in [1.54, 1.807) is 0 Å². The van der Waals surface area contributed by atoms with E-state index in [0.717, 1.165) is 60.4 Å². The van der Waals surface area contributed by atoms with E-state index in [1.807, 2.05) is 48.7 Å². The molecule has 4 aromatic rings. The van der Waals surface area contributed by atoms with Crippen LogP contribution in [0.25, 0.3) is 16.7 Å². The Morgan fingerprint density at radius 1 is 0.971 bits per heavy atom. The average molecular weight is 480 g/mol. The molecule has 0 atom stereocenters. The standard InChI is InChI=1S/C26H24F3N5O/c1-16-17(2)34(20-11-4-3-5-12-20)24-21(16)23(33-13-6-7-14-33)31-22(32-24)25(35)30-19-10-8-9-18(15-19)26(27,28)29/h3-5,8-12,15H,6-7,13-14H2,1-2H3,(H,30,35). The molecule has 5 rings (SSSR count). The molecule has 3 heterocycles. The first-order valence-electron chi connectivity index (χ1n) is 11.4. The number of rotatable bonds is 4. The molecule has 0 bridgehead atoms. The Hall–Kier alpha value is -3.88. The molecule has 0 unspecified atom stereocenters. The molecule has 9 heteroatoms. The third kappa shape index (κ3) is 4.22. The average Bonchev–Trinajstić information content (AvgIpc) is 3.46. The van der Waals surface area contributed by atoms with Gasteiger partial charge in [-0.1, -0.05) is 24.3 Å². The molecule has 35 heavy (non-hydrogen) atoms. The molecule has 1 fully saturated rings. The SMILES string of the molecule is Cc1c(C)n(-c2ccccc2)c2nc(C(=O)Nc3cccc(C(F)(F)F)c3)nc(N3CCCC3)c12. The van der Waals surface area contributed by atoms with Crippen molar-refractivity contribution >= 4 is 28.4 Å². The number of halogens is 3. The fourth-order valence-corrected chi connectivity index (χ4v) is 4.55. The van der Waals surface area contributed by atoms with Crippen molar-refractivity contribution in [2.75, 3.05) is 23.3 Å². The molecule has 180 valence electrons. The Balaban J connectivity index is 1.64. The van der Waals surface area contributed by atoms with Crippen molar-refractivity contribution in [3.8, 4) is 5.69 Å². The number of hydrogen-bond donors (Lipinski definition) is 1. The van der Waals surface area contributed by atoms with E-state index in [4.69, 9.17) is 0 Å². The summed E-state index contributed by atoms with van der Waals surface area (Å²) in [6, 6.07) is 14.2. The van der Waals surface area contributed by atoms with Gasteiger partial charge >= 0.3 is 6.18 Å². The lowest BCUT2D eigenvalue weighted by Gasteiger charge is -2.19. The van der Waals surface area contributed by atoms with Crippen LogP contribution in [0.4, 0.5) is 24.7 Å². The summed E-state index contributed by atoms with van der Waals surface area (Å²) in [6.45, 7) is 5.65. The number of alkyl halides is 3. The number of nitrogens with one attached hydrogen (secondary N) is 1. The number of anilines is 2. The Kier molecular flexibility index (Phi) is 5.70. The van der Waals surface area contributed by atoms with E-state index in [2.05, 4.69) is 20.2 Å². The maximum atomic E-state index is 13.2. The van der Waals surface area contributed by atoms with Crippen molar-refractivity contribution < 1.29 is 18.0 Å². The van der Waals surface area contributed by atoms with Crippen molar-refractivity contribution in [3.63, 3.8) is 0 Å². The number of carbonyl (C=O) groups excluding carboxylic acids is 1. The Bertz CT molecular complexity index is 1410. The van der Waals surface area contributed by atoms with Gasteiger partial charge in [0.05, 0.1) is 10.9 Å². The zero-order valence-corrected chi connectivity index (χ0v) is 19.4. The van der Waals surface area contributed by atoms with Crippen LogP contribution in [-0.4, -0.2) is 33.5 Å². The van der Waals surface area contributed by atoms with E-state index in [1.165, 1.54) is 12.1 Å². The monoisotopic (exact) mass is 479 g/mol. The molecule has 2 aromatic heterocycles. The Morgan fingerprint density at radius 2 is 1.69 bits per heavy atom. The van der Waals surface area contributed by atoms with E-state index in [9.17, 15) is 18.0 Å². The van der Waals surface area contributed by atoms with Gasteiger partial charge in [0, 0.05) is 30.2 Å². The predicted octanol–water partition coefficient (Wildman–Crippen LogP) is 5.91. The fraction of sp³-hybridized carbons (Fsp3) is 0.269. The first kappa shape index (κ1) is 22.9. The molecule has 6 nitrogen and oxygen atoms in total. The molecule has 0 saturated carbocycles. The molecule has 1 N–H and O–H groups in total. The number of carbonyl (C=O) groups is 1. The highest BCUT2D eigenvalue weighted by Crippen LogP contribution is 2.35. The van der Waals surface area contributed by atoms with E-state index >= 15 is 0 Å². The van der Waals surface area contributed by atoms with Crippen LogP contribution in [0, 0.1) is 13.8 Å². The molecule has 0 radical (unpaired) electrons. The second-order valence-corrected chi connectivity index (χ2v) is 8.68. The van der Waals surface area contributed by atoms with Gasteiger partial charge in [0.2, 0.25) is 5.82 Å². The second kappa shape index (κ2) is 8.72. The van der Waals surface area contributed by atoms with Crippen LogP contribution in [0.15, 0.2) is 54.6 Å². The zero-order chi connectivity index (χ0) is 24.7. The minimum Gasteiger partial charge on any atom is -0.356 e. The maximum Gasteiger partial charge on any atom is 0.416 e. The second-order valence-electron chi connectivity index (χ2n) is 8.68. The topological polar surface area (TPSA) is 63.1 Å². The lowest BCUT2D eigenvalue weighted by molar-refractivity contribution is -0.137. The van der Waals surface area contributed by atoms with Gasteiger partial charge in [-0.2, -0.15) is 13.2 Å². The summed E-state index contributed by atoms with van der Waals surface area (Å²) in [4.78, 5) is 24.6. The summed E-state index contributed by atoms with van der Waals surface area (Å²) >= 11 is 0. The molecule has 1 saturated heterocycles. The van der Waals surface area contributed by atoms with Crippen LogP contribution < -0.4 is 10.2 Å². The smallest absolute Gasteiger partial charge is 0.356 e. The molecule has 1 amide bonds. The zero-order valence-electron chi connectivity index (χ0n) is 19.4. The number of nitrogens with zero attached hydrogens (tertiary/aromatic N) is 4. The van der Waals surface area contributed by atoms with Crippen LogP contribution in [0.2, 0.25) is 0 Å². The minimum absolute atomic E-state index is 0.0297. The van der Waals surface area contributed by atoms with Gasteiger partial charge in [0.1, 0.15) is 5.82 Å². The van der Waals surface area contributed by atoms with Gasteiger partial charge < -0.3 is 10.2 Å². The quantitative estimate of drug-likeness (QED) is 0.395. The molecule has 0 aliphatic carbocycles. The van der Waals surface area contributed by atoms with Crippen molar-refractivity contribution in [1.82, 2.24) is 14.5 Å². The van der Waals surface area contributed by atoms with E-state index < -0.39 is 17.6 Å². The van der Waals surface area contributed by atoms with Crippen molar-refractivity contribution in [2.45, 2.75) is 32.9 Å². The van der Waals surface area contributed by atoms with Crippen molar-refractivity contribution in [3.05, 3.63) is 77.2 Å². The highest BCUT2D eigenvalue weighted by Gasteiger charge is 2.31. The summed E-state index contributed by atoms with van der Waals surface area (Å²) < 4.78 is 41.4. The molecule has 1 aliphatic rings. The number of fused-ring (bicyclic) bond motifs is 1. The minimum atomic E-state index is -4.51. The number of para-hydroxylation sites is 1. The first-order valence-corrected chi connectivity index (χ1v) is 11.4. The molecule has 2 aromatic carbocycles. The third-order valence-electron chi connectivity index (χ3n) is 6.41. The number of aryl methyl sites for hydroxylation is 1. The summed E-state index contributed by atoms with van der Waals surface area (Å²) in [5.74, 6) is -0.0775. The molecule has 0 spiro atoms. The lowest BCUT2D eigenvalue weighted by atomic mass is 10.2. The predicted molar refractivity (Wildman–Crippen MR) is 129 cm³/mol. The number of benzene rings is 2. The van der Waals surface area contributed by atoms with Gasteiger partial charge in [-0.15, -0.1) is 0 Å². The van der Waals surface area contributed by atoms with Crippen molar-refractivity contribution in [1.29, 1.82) is 0 Å². The lowest BCUT2D eigenvalue weighted by Crippen LogP contribution is -2.23. The fourth-order valence-electron chi connectivity index (χ4n) is 4.55. The normalized spacial score (nSPS) is 14.0. The summed E-state index contributed by atoms with van der Waals surface area (Å²) in [5, 5.41) is 3.42. The van der Waals surface area contributed by atoms with Gasteiger partial charge in [0.15, 0.2) is 5.65 Å².